The van der Waals surface area contributed by atoms with Gasteiger partial charge in [0, 0.05) is 55.2 Å². The van der Waals surface area contributed by atoms with E-state index in [1.165, 1.54) is 12.5 Å². The van der Waals surface area contributed by atoms with Crippen LogP contribution >= 0.6 is 0 Å². The first-order chi connectivity index (χ1) is 23.6. The molecular formula is C40H48N4O5. The van der Waals surface area contributed by atoms with Crippen LogP contribution in [0, 0.1) is 43.4 Å². The first-order valence-corrected chi connectivity index (χ1v) is 17.4. The van der Waals surface area contributed by atoms with Crippen LogP contribution < -0.4 is 10.6 Å². The third-order valence-corrected chi connectivity index (χ3v) is 9.39. The number of aromatic amines is 1. The number of rotatable bonds is 4. The number of carbonyl (C=O) groups excluding carboxylic acids is 2. The van der Waals surface area contributed by atoms with Crippen LogP contribution in [-0.2, 0) is 9.53 Å². The number of imidazole rings is 1. The van der Waals surface area contributed by atoms with Crippen molar-refractivity contribution in [3.8, 4) is 23.7 Å². The van der Waals surface area contributed by atoms with Gasteiger partial charge in [-0.15, -0.1) is 0 Å². The lowest BCUT2D eigenvalue weighted by Gasteiger charge is -2.34. The number of aromatic nitrogens is 2. The second kappa shape index (κ2) is 16.8. The summed E-state index contributed by atoms with van der Waals surface area (Å²) in [5.74, 6) is 12.2. The van der Waals surface area contributed by atoms with Crippen molar-refractivity contribution in [3.63, 3.8) is 0 Å². The third-order valence-electron chi connectivity index (χ3n) is 9.39. The Hall–Kier alpha value is -4.41. The van der Waals surface area contributed by atoms with Crippen LogP contribution in [0.25, 0.3) is 0 Å². The maximum absolute atomic E-state index is 12.4. The van der Waals surface area contributed by atoms with E-state index in [0.717, 1.165) is 60.8 Å². The largest absolute Gasteiger partial charge is 0.381 e. The molecule has 2 aliphatic carbocycles. The van der Waals surface area contributed by atoms with Crippen LogP contribution in [0.15, 0.2) is 61.1 Å². The highest BCUT2D eigenvalue weighted by Gasteiger charge is 2.35. The van der Waals surface area contributed by atoms with Gasteiger partial charge in [0.1, 0.15) is 16.9 Å². The number of carbonyl (C=O) groups is 2. The fraction of sp³-hybridized carbons (Fsp3) is 0.475. The molecular weight excluding hydrogens is 616 g/mol. The highest BCUT2D eigenvalue weighted by molar-refractivity contribution is 5.92. The van der Waals surface area contributed by atoms with Crippen LogP contribution in [0.2, 0.25) is 0 Å². The number of hydrogen-bond donors (Lipinski definition) is 5. The summed E-state index contributed by atoms with van der Waals surface area (Å²) < 4.78 is 5.32. The minimum atomic E-state index is -1.06. The fourth-order valence-corrected chi connectivity index (χ4v) is 6.72. The van der Waals surface area contributed by atoms with E-state index in [1.54, 1.807) is 0 Å². The zero-order valence-corrected chi connectivity index (χ0v) is 28.6. The van der Waals surface area contributed by atoms with Crippen LogP contribution in [0.4, 0.5) is 0 Å². The quantitative estimate of drug-likeness (QED) is 0.256. The molecule has 4 atom stereocenters. The molecule has 2 amide bonds. The van der Waals surface area contributed by atoms with Crippen LogP contribution in [-0.4, -0.2) is 68.5 Å². The molecule has 0 bridgehead atoms. The minimum Gasteiger partial charge on any atom is -0.381 e. The molecule has 3 fully saturated rings. The van der Waals surface area contributed by atoms with Gasteiger partial charge in [0.05, 0.1) is 12.5 Å². The van der Waals surface area contributed by atoms with Crippen molar-refractivity contribution in [1.29, 1.82) is 0 Å². The van der Waals surface area contributed by atoms with Gasteiger partial charge in [-0.2, -0.15) is 0 Å². The topological polar surface area (TPSA) is 137 Å². The van der Waals surface area contributed by atoms with Gasteiger partial charge in [-0.05, 0) is 101 Å². The van der Waals surface area contributed by atoms with E-state index >= 15 is 0 Å². The highest BCUT2D eigenvalue weighted by atomic mass is 16.5. The lowest BCUT2D eigenvalue weighted by Crippen LogP contribution is -2.47. The molecule has 2 saturated carbocycles. The van der Waals surface area contributed by atoms with Gasteiger partial charge in [-0.1, -0.05) is 47.9 Å². The molecule has 3 aliphatic rings. The Kier molecular flexibility index (Phi) is 12.3. The van der Waals surface area contributed by atoms with E-state index in [1.807, 2.05) is 62.4 Å². The number of amides is 2. The van der Waals surface area contributed by atoms with E-state index in [9.17, 15) is 19.8 Å². The summed E-state index contributed by atoms with van der Waals surface area (Å²) in [5, 5.41) is 27.7. The number of nitrogens with zero attached hydrogens (tertiary/aromatic N) is 1. The second-order valence-electron chi connectivity index (χ2n) is 13.7. The monoisotopic (exact) mass is 664 g/mol. The molecule has 6 rings (SSSR count). The molecule has 9 nitrogen and oxygen atoms in total. The lowest BCUT2D eigenvalue weighted by atomic mass is 9.81. The number of hydrogen-bond acceptors (Lipinski definition) is 6. The lowest BCUT2D eigenvalue weighted by molar-refractivity contribution is -0.129. The molecule has 2 aromatic carbocycles. The number of aliphatic hydroxyl groups is 2. The van der Waals surface area contributed by atoms with E-state index < -0.39 is 11.2 Å². The van der Waals surface area contributed by atoms with Gasteiger partial charge in [-0.25, -0.2) is 4.98 Å². The smallest absolute Gasteiger partial charge is 0.269 e. The fourth-order valence-electron chi connectivity index (χ4n) is 6.72. The molecule has 0 radical (unpaired) electrons. The van der Waals surface area contributed by atoms with Crippen molar-refractivity contribution < 1.29 is 24.5 Å². The van der Waals surface area contributed by atoms with Crippen LogP contribution in [0.5, 0.6) is 0 Å². The molecule has 0 unspecified atom stereocenters. The summed E-state index contributed by atoms with van der Waals surface area (Å²) in [6.07, 6.45) is 10.2. The van der Waals surface area contributed by atoms with E-state index in [0.29, 0.717) is 44.6 Å². The van der Waals surface area contributed by atoms with Crippen molar-refractivity contribution in [2.75, 3.05) is 13.2 Å². The van der Waals surface area contributed by atoms with Crippen LogP contribution in [0.3, 0.4) is 0 Å². The number of aryl methyl sites for hydroxylation is 2. The molecule has 0 spiro atoms. The Morgan fingerprint density at radius 2 is 1.39 bits per heavy atom. The molecule has 1 aliphatic heterocycles. The Balaban J connectivity index is 0.000000191. The molecule has 3 aromatic rings. The maximum Gasteiger partial charge on any atom is 0.269 e. The Bertz CT molecular complexity index is 1690. The first kappa shape index (κ1) is 35.9. The average molecular weight is 665 g/mol. The zero-order chi connectivity index (χ0) is 34.7. The summed E-state index contributed by atoms with van der Waals surface area (Å²) in [6, 6.07) is 15.8. The average Bonchev–Trinajstić information content (AvgIpc) is 3.63. The predicted octanol–water partition coefficient (Wildman–Crippen LogP) is 4.74. The summed E-state index contributed by atoms with van der Waals surface area (Å²) in [7, 11) is 0. The van der Waals surface area contributed by atoms with Crippen LogP contribution in [0.1, 0.15) is 97.0 Å². The molecule has 1 aromatic heterocycles. The molecule has 5 N–H and O–H groups in total. The van der Waals surface area contributed by atoms with Crippen molar-refractivity contribution in [1.82, 2.24) is 20.6 Å². The van der Waals surface area contributed by atoms with Crippen molar-refractivity contribution >= 4 is 11.8 Å². The van der Waals surface area contributed by atoms with Crippen molar-refractivity contribution in [2.45, 2.75) is 101 Å². The SMILES string of the molecule is Cc1cccc(C#C[C@@]2(O)CCC[C@@H](NC(=O)C3CCOCC3)C2)c1.Cc1cccc(C#C[C@@]2(O)CCC[C@@H](NC(=O)c3cnc[nH]3)C2)c1. The highest BCUT2D eigenvalue weighted by Crippen LogP contribution is 2.30. The van der Waals surface area contributed by atoms with E-state index in [2.05, 4.69) is 44.3 Å². The van der Waals surface area contributed by atoms with E-state index in [-0.39, 0.29) is 29.8 Å². The number of nitrogens with one attached hydrogen (secondary N) is 3. The number of benzene rings is 2. The van der Waals surface area contributed by atoms with Crippen molar-refractivity contribution in [3.05, 3.63) is 89.0 Å². The van der Waals surface area contributed by atoms with Crippen molar-refractivity contribution in [2.24, 2.45) is 5.92 Å². The summed E-state index contributed by atoms with van der Waals surface area (Å²) in [5.41, 5.74) is 2.46. The van der Waals surface area contributed by atoms with Gasteiger partial charge < -0.3 is 30.6 Å². The molecule has 9 heteroatoms. The Morgan fingerprint density at radius 3 is 1.90 bits per heavy atom. The predicted molar refractivity (Wildman–Crippen MR) is 188 cm³/mol. The summed E-state index contributed by atoms with van der Waals surface area (Å²) in [6.45, 7) is 5.37. The summed E-state index contributed by atoms with van der Waals surface area (Å²) >= 11 is 0. The molecule has 258 valence electrons. The zero-order valence-electron chi connectivity index (χ0n) is 28.6. The normalized spacial score (nSPS) is 25.2. The molecule has 49 heavy (non-hydrogen) atoms. The Labute approximate surface area is 289 Å². The van der Waals surface area contributed by atoms with Gasteiger partial charge in [0.25, 0.3) is 5.91 Å². The number of ether oxygens (including phenoxy) is 1. The van der Waals surface area contributed by atoms with Gasteiger partial charge in [0.2, 0.25) is 5.91 Å². The van der Waals surface area contributed by atoms with E-state index in [4.69, 9.17) is 4.74 Å². The molecule has 1 saturated heterocycles. The molecule has 2 heterocycles. The maximum atomic E-state index is 12.4. The standard InChI is InChI=1S/C21H27NO3.C19H21N3O2/c1-16-4-2-5-17(14-16)7-11-21(24)10-3-6-19(15-21)22-20(23)18-8-12-25-13-9-18;1-14-4-2-5-15(10-14)7-9-19(24)8-3-6-16(11-19)22-18(23)17-12-20-13-21-17/h2,4-5,14,18-19,24H,3,6,8-10,12-13,15H2,1H3,(H,22,23);2,4-5,10,12-13,16,24H,3,6,8,11H2,1H3,(H,20,21)(H,22,23)/t19-,21+;16-,19+/m11/s1. The summed E-state index contributed by atoms with van der Waals surface area (Å²) in [4.78, 5) is 31.1. The second-order valence-corrected chi connectivity index (χ2v) is 13.7. The minimum absolute atomic E-state index is 0.000837. The van der Waals surface area contributed by atoms with Gasteiger partial charge in [0.15, 0.2) is 0 Å². The first-order valence-electron chi connectivity index (χ1n) is 17.4. The number of H-pyrrole nitrogens is 1. The third kappa shape index (κ3) is 11.1. The Morgan fingerprint density at radius 1 is 0.837 bits per heavy atom. The van der Waals surface area contributed by atoms with Gasteiger partial charge in [-0.3, -0.25) is 9.59 Å². The van der Waals surface area contributed by atoms with Gasteiger partial charge >= 0.3 is 0 Å².